The predicted molar refractivity (Wildman–Crippen MR) is 87.5 cm³/mol. The first-order valence-electron chi connectivity index (χ1n) is 9.58. The molecular formula is C20H32O2. The lowest BCUT2D eigenvalue weighted by molar-refractivity contribution is -0.142. The first-order valence-corrected chi connectivity index (χ1v) is 9.58. The fourth-order valence-electron chi connectivity index (χ4n) is 7.26. The van der Waals surface area contributed by atoms with Crippen LogP contribution in [0.4, 0.5) is 0 Å². The lowest BCUT2D eigenvalue weighted by atomic mass is 9.45. The highest BCUT2D eigenvalue weighted by Crippen LogP contribution is 2.65. The lowest BCUT2D eigenvalue weighted by Crippen LogP contribution is -2.52. The summed E-state index contributed by atoms with van der Waals surface area (Å²) < 4.78 is 5.54. The summed E-state index contributed by atoms with van der Waals surface area (Å²) in [6.07, 6.45) is 11.8. The van der Waals surface area contributed by atoms with Gasteiger partial charge in [0, 0.05) is 12.5 Å². The third kappa shape index (κ3) is 1.85. The zero-order valence-corrected chi connectivity index (χ0v) is 14.6. The predicted octanol–water partition coefficient (Wildman–Crippen LogP) is 4.61. The molecule has 2 nitrogen and oxygen atoms in total. The standard InChI is InChI=1S/C20H32O2/c1-19-10-5-4-6-13(19)7-8-14-15(19)9-11-20(2)16(14)12-17(22-3)18(20)21/h13-17H,4-12H2,1-3H3/t13-,14-,15+,16+,17-,19+,20+/m1/s1. The Morgan fingerprint density at radius 1 is 1.00 bits per heavy atom. The molecule has 0 saturated heterocycles. The van der Waals surface area contributed by atoms with Crippen LogP contribution in [-0.2, 0) is 9.53 Å². The van der Waals surface area contributed by atoms with Crippen LogP contribution >= 0.6 is 0 Å². The summed E-state index contributed by atoms with van der Waals surface area (Å²) in [4.78, 5) is 12.8. The number of fused-ring (bicyclic) bond motifs is 5. The van der Waals surface area contributed by atoms with Gasteiger partial charge in [-0.3, -0.25) is 4.79 Å². The van der Waals surface area contributed by atoms with Gasteiger partial charge in [0.1, 0.15) is 6.10 Å². The maximum Gasteiger partial charge on any atom is 0.167 e. The van der Waals surface area contributed by atoms with E-state index in [0.717, 1.165) is 30.6 Å². The zero-order valence-electron chi connectivity index (χ0n) is 14.6. The summed E-state index contributed by atoms with van der Waals surface area (Å²) in [5.74, 6) is 3.61. The highest BCUT2D eigenvalue weighted by Gasteiger charge is 2.62. The van der Waals surface area contributed by atoms with Crippen molar-refractivity contribution < 1.29 is 9.53 Å². The van der Waals surface area contributed by atoms with Crippen molar-refractivity contribution in [3.05, 3.63) is 0 Å². The fraction of sp³-hybridized carbons (Fsp3) is 0.950. The topological polar surface area (TPSA) is 26.3 Å². The van der Waals surface area contributed by atoms with Crippen molar-refractivity contribution in [1.29, 1.82) is 0 Å². The molecule has 4 rings (SSSR count). The minimum absolute atomic E-state index is 0.0836. The molecule has 22 heavy (non-hydrogen) atoms. The first-order chi connectivity index (χ1) is 10.5. The third-order valence-electron chi connectivity index (χ3n) is 8.58. The molecule has 4 fully saturated rings. The summed E-state index contributed by atoms with van der Waals surface area (Å²) in [6, 6.07) is 0. The SMILES string of the molecule is CO[C@@H]1C[C@H]2[C@@H]3CC[C@H]4CCCC[C@]4(C)[C@H]3CC[C@]2(C)C1=O. The largest absolute Gasteiger partial charge is 0.374 e. The van der Waals surface area contributed by atoms with E-state index in [1.165, 1.54) is 44.9 Å². The molecule has 7 atom stereocenters. The van der Waals surface area contributed by atoms with Gasteiger partial charge in [0.25, 0.3) is 0 Å². The van der Waals surface area contributed by atoms with Crippen LogP contribution < -0.4 is 0 Å². The first kappa shape index (κ1) is 15.2. The molecule has 0 heterocycles. The normalized spacial score (nSPS) is 54.5. The fourth-order valence-corrected chi connectivity index (χ4v) is 7.26. The molecule has 124 valence electrons. The number of hydrogen-bond donors (Lipinski definition) is 0. The Balaban J connectivity index is 1.65. The van der Waals surface area contributed by atoms with Crippen LogP contribution in [-0.4, -0.2) is 19.0 Å². The minimum Gasteiger partial charge on any atom is -0.374 e. The van der Waals surface area contributed by atoms with Gasteiger partial charge in [0.2, 0.25) is 0 Å². The molecule has 0 amide bonds. The third-order valence-corrected chi connectivity index (χ3v) is 8.58. The summed E-state index contributed by atoms with van der Waals surface area (Å²) in [5, 5.41) is 0. The second-order valence-electron chi connectivity index (χ2n) is 9.18. The van der Waals surface area contributed by atoms with E-state index in [2.05, 4.69) is 13.8 Å². The number of ether oxygens (including phenoxy) is 1. The number of rotatable bonds is 1. The van der Waals surface area contributed by atoms with Gasteiger partial charge in [-0.25, -0.2) is 0 Å². The van der Waals surface area contributed by atoms with Crippen LogP contribution in [0.3, 0.4) is 0 Å². The zero-order chi connectivity index (χ0) is 15.5. The summed E-state index contributed by atoms with van der Waals surface area (Å²) in [6.45, 7) is 4.85. The van der Waals surface area contributed by atoms with Gasteiger partial charge in [-0.2, -0.15) is 0 Å². The van der Waals surface area contributed by atoms with Crippen LogP contribution in [0.5, 0.6) is 0 Å². The molecule has 2 heteroatoms. The van der Waals surface area contributed by atoms with E-state index in [9.17, 15) is 4.79 Å². The van der Waals surface area contributed by atoms with Gasteiger partial charge in [0.05, 0.1) is 0 Å². The van der Waals surface area contributed by atoms with Crippen molar-refractivity contribution in [2.45, 2.75) is 77.7 Å². The molecule has 0 aliphatic heterocycles. The van der Waals surface area contributed by atoms with Crippen molar-refractivity contribution in [3.63, 3.8) is 0 Å². The second-order valence-corrected chi connectivity index (χ2v) is 9.18. The van der Waals surface area contributed by atoms with E-state index in [4.69, 9.17) is 4.74 Å². The molecule has 0 aromatic rings. The average Bonchev–Trinajstić information content (AvgIpc) is 2.78. The van der Waals surface area contributed by atoms with Crippen molar-refractivity contribution in [1.82, 2.24) is 0 Å². The Morgan fingerprint density at radius 3 is 2.59 bits per heavy atom. The molecule has 0 aromatic carbocycles. The van der Waals surface area contributed by atoms with Gasteiger partial charge < -0.3 is 4.74 Å². The number of ketones is 1. The Labute approximate surface area is 135 Å². The molecule has 4 saturated carbocycles. The van der Waals surface area contributed by atoms with Crippen molar-refractivity contribution in [2.24, 2.45) is 34.5 Å². The monoisotopic (exact) mass is 304 g/mol. The Bertz CT molecular complexity index is 472. The summed E-state index contributed by atoms with van der Waals surface area (Å²) in [7, 11) is 1.72. The number of carbonyl (C=O) groups excluding carboxylic acids is 1. The van der Waals surface area contributed by atoms with Crippen LogP contribution in [0.15, 0.2) is 0 Å². The lowest BCUT2D eigenvalue weighted by Gasteiger charge is -2.59. The van der Waals surface area contributed by atoms with Gasteiger partial charge >= 0.3 is 0 Å². The Hall–Kier alpha value is -0.370. The van der Waals surface area contributed by atoms with Gasteiger partial charge in [-0.1, -0.05) is 26.7 Å². The maximum absolute atomic E-state index is 12.8. The highest BCUT2D eigenvalue weighted by atomic mass is 16.5. The number of Topliss-reactive ketones (excluding diaryl/α,β-unsaturated/α-hetero) is 1. The number of hydrogen-bond acceptors (Lipinski definition) is 2. The van der Waals surface area contributed by atoms with Gasteiger partial charge in [-0.15, -0.1) is 0 Å². The molecule has 0 N–H and O–H groups in total. The summed E-state index contributed by atoms with van der Waals surface area (Å²) >= 11 is 0. The molecule has 4 aliphatic carbocycles. The van der Waals surface area contributed by atoms with E-state index >= 15 is 0 Å². The quantitative estimate of drug-likeness (QED) is 0.707. The second kappa shape index (κ2) is 5.06. The number of methoxy groups -OCH3 is 1. The van der Waals surface area contributed by atoms with Gasteiger partial charge in [0.15, 0.2) is 5.78 Å². The molecule has 0 unspecified atom stereocenters. The van der Waals surface area contributed by atoms with E-state index in [-0.39, 0.29) is 11.5 Å². The van der Waals surface area contributed by atoms with Crippen LogP contribution in [0.25, 0.3) is 0 Å². The maximum atomic E-state index is 12.8. The smallest absolute Gasteiger partial charge is 0.167 e. The average molecular weight is 304 g/mol. The van der Waals surface area contributed by atoms with Gasteiger partial charge in [-0.05, 0) is 74.0 Å². The molecule has 0 radical (unpaired) electrons. The molecule has 0 bridgehead atoms. The van der Waals surface area contributed by atoms with Crippen LogP contribution in [0.1, 0.15) is 71.6 Å². The van der Waals surface area contributed by atoms with Crippen molar-refractivity contribution in [3.8, 4) is 0 Å². The van der Waals surface area contributed by atoms with Crippen molar-refractivity contribution >= 4 is 5.78 Å². The Kier molecular flexibility index (Phi) is 3.49. The van der Waals surface area contributed by atoms with Crippen LogP contribution in [0, 0.1) is 34.5 Å². The molecule has 0 aromatic heterocycles. The van der Waals surface area contributed by atoms with E-state index in [1.54, 1.807) is 7.11 Å². The molecule has 4 aliphatic rings. The Morgan fingerprint density at radius 2 is 1.82 bits per heavy atom. The van der Waals surface area contributed by atoms with E-state index in [0.29, 0.717) is 17.1 Å². The molecule has 0 spiro atoms. The van der Waals surface area contributed by atoms with E-state index in [1.807, 2.05) is 0 Å². The van der Waals surface area contributed by atoms with Crippen LogP contribution in [0.2, 0.25) is 0 Å². The van der Waals surface area contributed by atoms with Crippen molar-refractivity contribution in [2.75, 3.05) is 7.11 Å². The summed E-state index contributed by atoms with van der Waals surface area (Å²) in [5.41, 5.74) is 0.483. The number of carbonyl (C=O) groups is 1. The molecular weight excluding hydrogens is 272 g/mol. The minimum atomic E-state index is -0.120. The van der Waals surface area contributed by atoms with E-state index < -0.39 is 0 Å². The highest BCUT2D eigenvalue weighted by molar-refractivity contribution is 5.91.